The number of carboxylic acids is 3. The Bertz CT molecular complexity index is 1870. The average molecular weight is 887 g/mol. The topological polar surface area (TPSA) is 145 Å². The number of esters is 1. The zero-order chi connectivity index (χ0) is 46.4. The molecule has 2 aliphatic rings. The van der Waals surface area contributed by atoms with Crippen molar-refractivity contribution in [1.29, 1.82) is 0 Å². The third kappa shape index (κ3) is 15.5. The fraction of sp³-hybridized carbons (Fsp3) is 0.585. The van der Waals surface area contributed by atoms with Crippen LogP contribution in [0.3, 0.4) is 0 Å². The van der Waals surface area contributed by atoms with E-state index in [1.807, 2.05) is 23.1 Å². The number of carbonyl (C=O) groups excluding carboxylic acids is 1. The number of nitrogens with zero attached hydrogens (tertiary/aromatic N) is 2. The number of carbonyl (C=O) groups is 4. The van der Waals surface area contributed by atoms with E-state index in [9.17, 15) is 38.9 Å². The quantitative estimate of drug-likeness (QED) is 0.0427. The lowest BCUT2D eigenvalue weighted by molar-refractivity contribution is -0.173. The number of likely N-dealkylation sites (tertiary alicyclic amines) is 2. The first kappa shape index (κ1) is 52.0. The number of aryl methyl sites for hydroxylation is 2. The predicted molar refractivity (Wildman–Crippen MR) is 250 cm³/mol. The number of hydrogen-bond donors (Lipinski definition) is 3. The second-order valence-electron chi connectivity index (χ2n) is 18.1. The van der Waals surface area contributed by atoms with E-state index in [0.717, 1.165) is 30.5 Å². The Hall–Kier alpha value is -4.61. The van der Waals surface area contributed by atoms with Crippen molar-refractivity contribution in [2.24, 2.45) is 10.8 Å². The van der Waals surface area contributed by atoms with Crippen LogP contribution in [0.1, 0.15) is 152 Å². The number of halogens is 1. The molecule has 0 bridgehead atoms. The van der Waals surface area contributed by atoms with E-state index in [4.69, 9.17) is 4.74 Å². The van der Waals surface area contributed by atoms with Gasteiger partial charge in [0.2, 0.25) is 0 Å². The standard InChI is InChI=1S/C27H34FNO4.C26H41NO4/c1-2-3-4-5-6-7-20-8-11-22(12-9-20)23-13-10-21(18-24(23)28)19-29-16-14-27(15-17-29,25(30)31)26(32)33;1-3-5-6-7-8-9-10-11-12-22-13-15-23(16-14-22)21-27-19-17-26(18-20-27,24(28)29)25(30)31-4-2/h8-13,18H,2-7,14-17,19H2,1H3,(H,30,31)(H,32,33);13-16H,3-12,17-21H2,1-2H3,(H,28,29). The molecule has 2 heterocycles. The smallest absolute Gasteiger partial charge is 0.323 e. The van der Waals surface area contributed by atoms with E-state index in [2.05, 4.69) is 55.1 Å². The van der Waals surface area contributed by atoms with Crippen LogP contribution in [0.25, 0.3) is 11.1 Å². The van der Waals surface area contributed by atoms with Gasteiger partial charge in [0.15, 0.2) is 10.8 Å². The highest BCUT2D eigenvalue weighted by Crippen LogP contribution is 2.35. The van der Waals surface area contributed by atoms with Gasteiger partial charge in [0.1, 0.15) is 5.82 Å². The molecule has 0 aliphatic carbocycles. The average Bonchev–Trinajstić information content (AvgIpc) is 3.29. The number of unbranched alkanes of at least 4 members (excludes halogenated alkanes) is 11. The Morgan fingerprint density at radius 2 is 0.922 bits per heavy atom. The Balaban J connectivity index is 0.000000281. The number of rotatable bonds is 25. The van der Waals surface area contributed by atoms with Gasteiger partial charge >= 0.3 is 23.9 Å². The maximum atomic E-state index is 14.9. The summed E-state index contributed by atoms with van der Waals surface area (Å²) in [6, 6.07) is 22.1. The summed E-state index contributed by atoms with van der Waals surface area (Å²) < 4.78 is 19.9. The van der Waals surface area contributed by atoms with Gasteiger partial charge in [-0.1, -0.05) is 145 Å². The molecule has 0 spiro atoms. The number of aliphatic carboxylic acids is 3. The van der Waals surface area contributed by atoms with Crippen LogP contribution >= 0.6 is 0 Å². The molecular formula is C53H75FN2O8. The number of benzene rings is 3. The summed E-state index contributed by atoms with van der Waals surface area (Å²) in [6.45, 7) is 9.52. The number of hydrogen-bond acceptors (Lipinski definition) is 7. The van der Waals surface area contributed by atoms with Crippen LogP contribution in [0.5, 0.6) is 0 Å². The largest absolute Gasteiger partial charge is 0.480 e. The number of ether oxygens (including phenoxy) is 1. The van der Waals surface area contributed by atoms with Crippen molar-refractivity contribution in [3.05, 3.63) is 94.8 Å². The van der Waals surface area contributed by atoms with Crippen molar-refractivity contribution in [1.82, 2.24) is 9.80 Å². The van der Waals surface area contributed by atoms with E-state index in [1.54, 1.807) is 13.0 Å². The summed E-state index contributed by atoms with van der Waals surface area (Å²) in [5, 5.41) is 28.3. The molecule has 10 nitrogen and oxygen atoms in total. The Morgan fingerprint density at radius 1 is 0.531 bits per heavy atom. The van der Waals surface area contributed by atoms with Gasteiger partial charge in [-0.25, -0.2) is 4.39 Å². The number of piperidine rings is 2. The zero-order valence-corrected chi connectivity index (χ0v) is 38.9. The van der Waals surface area contributed by atoms with Crippen LogP contribution < -0.4 is 0 Å². The highest BCUT2D eigenvalue weighted by Gasteiger charge is 2.50. The second kappa shape index (κ2) is 27.0. The molecule has 2 saturated heterocycles. The number of carboxylic acid groups (broad SMARTS) is 3. The minimum Gasteiger partial charge on any atom is -0.480 e. The van der Waals surface area contributed by atoms with Gasteiger partial charge in [-0.2, -0.15) is 0 Å². The summed E-state index contributed by atoms with van der Waals surface area (Å²) in [5.41, 5.74) is 3.00. The molecular weight excluding hydrogens is 812 g/mol. The highest BCUT2D eigenvalue weighted by atomic mass is 19.1. The van der Waals surface area contributed by atoms with Crippen LogP contribution in [0, 0.1) is 16.6 Å². The molecule has 3 N–H and O–H groups in total. The molecule has 0 unspecified atom stereocenters. The summed E-state index contributed by atoms with van der Waals surface area (Å²) in [6.07, 6.45) is 19.9. The van der Waals surface area contributed by atoms with Crippen molar-refractivity contribution in [3.63, 3.8) is 0 Å². The molecule has 0 saturated carbocycles. The maximum Gasteiger partial charge on any atom is 0.323 e. The molecule has 3 aromatic carbocycles. The lowest BCUT2D eigenvalue weighted by Crippen LogP contribution is -2.49. The molecule has 0 aromatic heterocycles. The maximum absolute atomic E-state index is 14.9. The van der Waals surface area contributed by atoms with Crippen LogP contribution in [0.2, 0.25) is 0 Å². The van der Waals surface area contributed by atoms with Crippen LogP contribution in [-0.4, -0.2) is 81.8 Å². The lowest BCUT2D eigenvalue weighted by Gasteiger charge is -2.37. The lowest BCUT2D eigenvalue weighted by atomic mass is 9.78. The van der Waals surface area contributed by atoms with Crippen molar-refractivity contribution >= 4 is 23.9 Å². The summed E-state index contributed by atoms with van der Waals surface area (Å²) in [5.74, 6) is -4.51. The third-order valence-corrected chi connectivity index (χ3v) is 13.3. The van der Waals surface area contributed by atoms with E-state index in [-0.39, 0.29) is 25.3 Å². The zero-order valence-electron chi connectivity index (χ0n) is 38.9. The van der Waals surface area contributed by atoms with E-state index in [1.165, 1.54) is 106 Å². The molecule has 0 atom stereocenters. The molecule has 3 aromatic rings. The van der Waals surface area contributed by atoms with Crippen LogP contribution in [0.4, 0.5) is 4.39 Å². The molecule has 64 heavy (non-hydrogen) atoms. The van der Waals surface area contributed by atoms with Crippen molar-refractivity contribution in [3.8, 4) is 11.1 Å². The summed E-state index contributed by atoms with van der Waals surface area (Å²) in [7, 11) is 0. The molecule has 352 valence electrons. The first-order valence-corrected chi connectivity index (χ1v) is 24.1. The van der Waals surface area contributed by atoms with Gasteiger partial charge in [0.05, 0.1) is 6.61 Å². The van der Waals surface area contributed by atoms with Gasteiger partial charge in [0.25, 0.3) is 0 Å². The normalized spacial score (nSPS) is 16.1. The fourth-order valence-corrected chi connectivity index (χ4v) is 8.94. The van der Waals surface area contributed by atoms with Gasteiger partial charge in [-0.15, -0.1) is 0 Å². The van der Waals surface area contributed by atoms with Crippen LogP contribution in [0.15, 0.2) is 66.7 Å². The highest BCUT2D eigenvalue weighted by molar-refractivity contribution is 5.99. The fourth-order valence-electron chi connectivity index (χ4n) is 8.94. The molecule has 0 amide bonds. The van der Waals surface area contributed by atoms with Crippen LogP contribution in [-0.2, 0) is 49.8 Å². The van der Waals surface area contributed by atoms with Gasteiger partial charge < -0.3 is 20.1 Å². The van der Waals surface area contributed by atoms with E-state index >= 15 is 0 Å². The van der Waals surface area contributed by atoms with E-state index < -0.39 is 34.7 Å². The first-order valence-electron chi connectivity index (χ1n) is 24.1. The Kier molecular flexibility index (Phi) is 21.9. The second-order valence-corrected chi connectivity index (χ2v) is 18.1. The monoisotopic (exact) mass is 887 g/mol. The van der Waals surface area contributed by atoms with Gasteiger partial charge in [-0.05, 0) is 92.2 Å². The Morgan fingerprint density at radius 3 is 1.36 bits per heavy atom. The minimum atomic E-state index is -1.72. The van der Waals surface area contributed by atoms with Crippen molar-refractivity contribution in [2.75, 3.05) is 32.8 Å². The Labute approximate surface area is 381 Å². The molecule has 0 radical (unpaired) electrons. The molecule has 2 aliphatic heterocycles. The first-order chi connectivity index (χ1) is 30.9. The molecule has 2 fully saturated rings. The third-order valence-electron chi connectivity index (χ3n) is 13.3. The SMILES string of the molecule is CCCCCCCCCCc1ccc(CN2CCC(C(=O)O)(C(=O)OCC)CC2)cc1.CCCCCCCc1ccc(-c2ccc(CN3CCC(C(=O)O)(C(=O)O)CC3)cc2F)cc1. The minimum absolute atomic E-state index is 0.0448. The molecule has 5 rings (SSSR count). The summed E-state index contributed by atoms with van der Waals surface area (Å²) >= 11 is 0. The molecule has 11 heteroatoms. The van der Waals surface area contributed by atoms with E-state index in [0.29, 0.717) is 51.1 Å². The van der Waals surface area contributed by atoms with Crippen molar-refractivity contribution in [2.45, 2.75) is 156 Å². The summed E-state index contributed by atoms with van der Waals surface area (Å²) in [4.78, 5) is 51.1. The van der Waals surface area contributed by atoms with Gasteiger partial charge in [-0.3, -0.25) is 29.0 Å². The van der Waals surface area contributed by atoms with Crippen molar-refractivity contribution < 1.29 is 43.6 Å². The van der Waals surface area contributed by atoms with Gasteiger partial charge in [0, 0.05) is 44.8 Å². The predicted octanol–water partition coefficient (Wildman–Crippen LogP) is 11.4.